The van der Waals surface area contributed by atoms with Crippen LogP contribution in [0.1, 0.15) is 22.7 Å². The quantitative estimate of drug-likeness (QED) is 0.725. The van der Waals surface area contributed by atoms with E-state index in [1.807, 2.05) is 13.0 Å². The molecule has 0 aliphatic heterocycles. The maximum absolute atomic E-state index is 14.2. The Bertz CT molecular complexity index is 631. The van der Waals surface area contributed by atoms with Gasteiger partial charge in [0, 0.05) is 15.1 Å². The lowest BCUT2D eigenvalue weighted by Crippen LogP contribution is -2.15. The van der Waals surface area contributed by atoms with Gasteiger partial charge in [0.1, 0.15) is 5.82 Å². The zero-order valence-electron chi connectivity index (χ0n) is 10.1. The van der Waals surface area contributed by atoms with Crippen LogP contribution >= 0.6 is 39.1 Å². The van der Waals surface area contributed by atoms with Gasteiger partial charge < -0.3 is 5.73 Å². The smallest absolute Gasteiger partial charge is 0.148 e. The molecule has 1 nitrogen and oxygen atoms in total. The van der Waals surface area contributed by atoms with Crippen LogP contribution in [0.5, 0.6) is 0 Å². The van der Waals surface area contributed by atoms with Gasteiger partial charge >= 0.3 is 0 Å². The summed E-state index contributed by atoms with van der Waals surface area (Å²) < 4.78 is 14.7. The van der Waals surface area contributed by atoms with Crippen LogP contribution in [0, 0.1) is 12.7 Å². The Morgan fingerprint density at radius 1 is 1.16 bits per heavy atom. The maximum atomic E-state index is 14.2. The third-order valence-electron chi connectivity index (χ3n) is 3.04. The van der Waals surface area contributed by atoms with Crippen molar-refractivity contribution in [2.24, 2.45) is 5.73 Å². The van der Waals surface area contributed by atoms with E-state index in [1.54, 1.807) is 24.3 Å². The van der Waals surface area contributed by atoms with Gasteiger partial charge in [-0.05, 0) is 46.1 Å². The standard InChI is InChI=1S/C14H11BrCl2FN/c1-7-8(3-2-4-11(7)16)14(19)9-5-6-10(15)12(17)13(9)18/h2-6,14H,19H2,1H3. The molecule has 1 atom stereocenters. The highest BCUT2D eigenvalue weighted by Gasteiger charge is 2.19. The lowest BCUT2D eigenvalue weighted by Gasteiger charge is -2.17. The molecule has 2 aromatic rings. The molecule has 0 aliphatic rings. The minimum Gasteiger partial charge on any atom is -0.320 e. The van der Waals surface area contributed by atoms with Crippen LogP contribution in [-0.4, -0.2) is 0 Å². The topological polar surface area (TPSA) is 26.0 Å². The Morgan fingerprint density at radius 3 is 2.53 bits per heavy atom. The predicted octanol–water partition coefficient (Wildman–Crippen LogP) is 5.25. The summed E-state index contributed by atoms with van der Waals surface area (Å²) in [5, 5.41) is 0.643. The number of benzene rings is 2. The van der Waals surface area contributed by atoms with Crippen LogP contribution in [0.25, 0.3) is 0 Å². The van der Waals surface area contributed by atoms with Gasteiger partial charge in [0.05, 0.1) is 11.1 Å². The number of halogens is 4. The van der Waals surface area contributed by atoms with Gasteiger partial charge in [0.25, 0.3) is 0 Å². The fraction of sp³-hybridized carbons (Fsp3) is 0.143. The van der Waals surface area contributed by atoms with Crippen LogP contribution in [-0.2, 0) is 0 Å². The summed E-state index contributed by atoms with van der Waals surface area (Å²) in [6.07, 6.45) is 0. The summed E-state index contributed by atoms with van der Waals surface area (Å²) in [7, 11) is 0. The first-order valence-electron chi connectivity index (χ1n) is 5.57. The van der Waals surface area contributed by atoms with Gasteiger partial charge in [-0.1, -0.05) is 41.4 Å². The van der Waals surface area contributed by atoms with Crippen LogP contribution in [0.4, 0.5) is 4.39 Å². The second-order valence-corrected chi connectivity index (χ2v) is 5.84. The van der Waals surface area contributed by atoms with E-state index in [9.17, 15) is 4.39 Å². The van der Waals surface area contributed by atoms with E-state index in [0.717, 1.165) is 11.1 Å². The first kappa shape index (κ1) is 14.8. The molecule has 0 saturated heterocycles. The van der Waals surface area contributed by atoms with Crippen LogP contribution < -0.4 is 5.73 Å². The molecule has 100 valence electrons. The fourth-order valence-corrected chi connectivity index (χ4v) is 2.57. The van der Waals surface area contributed by atoms with Gasteiger partial charge in [-0.2, -0.15) is 0 Å². The highest BCUT2D eigenvalue weighted by Crippen LogP contribution is 2.33. The third kappa shape index (κ3) is 2.79. The van der Waals surface area contributed by atoms with Gasteiger partial charge in [-0.25, -0.2) is 4.39 Å². The van der Waals surface area contributed by atoms with E-state index in [1.165, 1.54) is 0 Å². The minimum atomic E-state index is -0.607. The summed E-state index contributed by atoms with van der Waals surface area (Å²) in [5.41, 5.74) is 8.10. The van der Waals surface area contributed by atoms with E-state index in [2.05, 4.69) is 15.9 Å². The van der Waals surface area contributed by atoms with E-state index in [4.69, 9.17) is 28.9 Å². The Labute approximate surface area is 129 Å². The lowest BCUT2D eigenvalue weighted by atomic mass is 9.95. The molecule has 5 heteroatoms. The minimum absolute atomic E-state index is 0.0348. The van der Waals surface area contributed by atoms with Gasteiger partial charge in [0.15, 0.2) is 0 Å². The lowest BCUT2D eigenvalue weighted by molar-refractivity contribution is 0.599. The van der Waals surface area contributed by atoms with Crippen molar-refractivity contribution in [2.45, 2.75) is 13.0 Å². The molecule has 0 heterocycles. The Morgan fingerprint density at radius 2 is 1.84 bits per heavy atom. The number of rotatable bonds is 2. The molecule has 0 bridgehead atoms. The molecule has 2 rings (SSSR count). The van der Waals surface area contributed by atoms with Crippen molar-refractivity contribution in [2.75, 3.05) is 0 Å². The van der Waals surface area contributed by atoms with Crippen molar-refractivity contribution in [3.63, 3.8) is 0 Å². The first-order chi connectivity index (χ1) is 8.93. The summed E-state index contributed by atoms with van der Waals surface area (Å²) in [6.45, 7) is 1.86. The predicted molar refractivity (Wildman–Crippen MR) is 81.3 cm³/mol. The molecular formula is C14H11BrCl2FN. The normalized spacial score (nSPS) is 12.5. The summed E-state index contributed by atoms with van der Waals surface area (Å²) in [6, 6.07) is 8.10. The average molecular weight is 363 g/mol. The molecule has 19 heavy (non-hydrogen) atoms. The molecule has 1 unspecified atom stereocenters. The van der Waals surface area contributed by atoms with Crippen molar-refractivity contribution in [1.82, 2.24) is 0 Å². The molecule has 2 aromatic carbocycles. The zero-order chi connectivity index (χ0) is 14.2. The van der Waals surface area contributed by atoms with E-state index >= 15 is 0 Å². The van der Waals surface area contributed by atoms with Crippen molar-refractivity contribution in [3.05, 3.63) is 67.4 Å². The zero-order valence-corrected chi connectivity index (χ0v) is 13.2. The van der Waals surface area contributed by atoms with E-state index in [-0.39, 0.29) is 5.02 Å². The van der Waals surface area contributed by atoms with Crippen molar-refractivity contribution in [3.8, 4) is 0 Å². The molecule has 0 aromatic heterocycles. The average Bonchev–Trinajstić information content (AvgIpc) is 2.39. The van der Waals surface area contributed by atoms with Crippen molar-refractivity contribution < 1.29 is 4.39 Å². The van der Waals surface area contributed by atoms with Crippen LogP contribution in [0.3, 0.4) is 0 Å². The largest absolute Gasteiger partial charge is 0.320 e. The van der Waals surface area contributed by atoms with E-state index < -0.39 is 11.9 Å². The molecule has 0 saturated carbocycles. The molecule has 0 spiro atoms. The summed E-state index contributed by atoms with van der Waals surface area (Å²) in [5.74, 6) is -0.511. The molecular weight excluding hydrogens is 352 g/mol. The third-order valence-corrected chi connectivity index (χ3v) is 4.71. The van der Waals surface area contributed by atoms with Gasteiger partial charge in [-0.15, -0.1) is 0 Å². The van der Waals surface area contributed by atoms with Gasteiger partial charge in [0.2, 0.25) is 0 Å². The molecule has 0 aliphatic carbocycles. The molecule has 0 amide bonds. The first-order valence-corrected chi connectivity index (χ1v) is 7.12. The highest BCUT2D eigenvalue weighted by atomic mass is 79.9. The fourth-order valence-electron chi connectivity index (χ4n) is 1.91. The Balaban J connectivity index is 2.53. The van der Waals surface area contributed by atoms with Crippen LogP contribution in [0.15, 0.2) is 34.8 Å². The van der Waals surface area contributed by atoms with Gasteiger partial charge in [-0.3, -0.25) is 0 Å². The molecule has 0 radical (unpaired) electrons. The van der Waals surface area contributed by atoms with Crippen molar-refractivity contribution >= 4 is 39.1 Å². The maximum Gasteiger partial charge on any atom is 0.148 e. The van der Waals surface area contributed by atoms with Crippen LogP contribution in [0.2, 0.25) is 10.0 Å². The summed E-state index contributed by atoms with van der Waals surface area (Å²) in [4.78, 5) is 0. The van der Waals surface area contributed by atoms with Crippen molar-refractivity contribution in [1.29, 1.82) is 0 Å². The SMILES string of the molecule is Cc1c(Cl)cccc1C(N)c1ccc(Br)c(Cl)c1F. The summed E-state index contributed by atoms with van der Waals surface area (Å²) >= 11 is 15.1. The Kier molecular flexibility index (Phi) is 4.51. The molecule has 0 fully saturated rings. The highest BCUT2D eigenvalue weighted by molar-refractivity contribution is 9.10. The second kappa shape index (κ2) is 5.80. The molecule has 2 N–H and O–H groups in total. The Hall–Kier alpha value is -0.610. The number of hydrogen-bond donors (Lipinski definition) is 1. The second-order valence-electron chi connectivity index (χ2n) is 4.20. The number of hydrogen-bond acceptors (Lipinski definition) is 1. The van der Waals surface area contributed by atoms with E-state index in [0.29, 0.717) is 15.1 Å². The monoisotopic (exact) mass is 361 g/mol. The number of nitrogens with two attached hydrogens (primary N) is 1.